The third kappa shape index (κ3) is 3.35. The van der Waals surface area contributed by atoms with Gasteiger partial charge in [0.15, 0.2) is 17.6 Å². The normalized spacial score (nSPS) is 13.9. The van der Waals surface area contributed by atoms with Crippen LogP contribution in [0.1, 0.15) is 25.5 Å². The van der Waals surface area contributed by atoms with Crippen molar-refractivity contribution in [1.82, 2.24) is 0 Å². The molecule has 0 saturated heterocycles. The summed E-state index contributed by atoms with van der Waals surface area (Å²) >= 11 is 0. The lowest BCUT2D eigenvalue weighted by Gasteiger charge is -2.16. The van der Waals surface area contributed by atoms with Crippen LogP contribution in [0.2, 0.25) is 0 Å². The van der Waals surface area contributed by atoms with Crippen LogP contribution in [-0.2, 0) is 4.79 Å². The van der Waals surface area contributed by atoms with E-state index in [1.807, 2.05) is 13.0 Å². The van der Waals surface area contributed by atoms with Crippen LogP contribution in [0.3, 0.4) is 0 Å². The third-order valence-corrected chi connectivity index (χ3v) is 2.42. The van der Waals surface area contributed by atoms with Crippen LogP contribution in [-0.4, -0.2) is 19.1 Å². The number of benzene rings is 1. The fraction of sp³-hybridized carbons (Fsp3) is 0.417. The molecule has 0 aromatic heterocycles. The average Bonchev–Trinajstić information content (AvgIpc) is 2.28. The first kappa shape index (κ1) is 13.3. The molecule has 94 valence electrons. The Hall–Kier alpha value is -1.75. The number of carbonyl (C=O) groups excluding carboxylic acids is 1. The zero-order valence-electron chi connectivity index (χ0n) is 10.3. The van der Waals surface area contributed by atoms with E-state index in [-0.39, 0.29) is 6.04 Å². The first-order valence-electron chi connectivity index (χ1n) is 5.35. The Morgan fingerprint density at radius 2 is 1.94 bits per heavy atom. The highest BCUT2D eigenvalue weighted by molar-refractivity contribution is 5.78. The molecule has 0 fully saturated rings. The Morgan fingerprint density at radius 1 is 1.29 bits per heavy atom. The molecule has 1 aromatic carbocycles. The van der Waals surface area contributed by atoms with Crippen molar-refractivity contribution in [3.63, 3.8) is 0 Å². The lowest BCUT2D eigenvalue weighted by molar-refractivity contribution is -0.124. The van der Waals surface area contributed by atoms with E-state index in [2.05, 4.69) is 0 Å². The van der Waals surface area contributed by atoms with Crippen molar-refractivity contribution in [1.29, 1.82) is 0 Å². The van der Waals surface area contributed by atoms with E-state index < -0.39 is 12.0 Å². The second-order valence-corrected chi connectivity index (χ2v) is 3.86. The molecule has 5 heteroatoms. The predicted molar refractivity (Wildman–Crippen MR) is 64.9 cm³/mol. The lowest BCUT2D eigenvalue weighted by atomic mass is 10.1. The monoisotopic (exact) mass is 238 g/mol. The minimum absolute atomic E-state index is 0.0912. The summed E-state index contributed by atoms with van der Waals surface area (Å²) in [7, 11) is 1.53. The number of nitrogens with two attached hydrogens (primary N) is 2. The van der Waals surface area contributed by atoms with Crippen LogP contribution < -0.4 is 20.9 Å². The van der Waals surface area contributed by atoms with Crippen LogP contribution in [0.15, 0.2) is 18.2 Å². The summed E-state index contributed by atoms with van der Waals surface area (Å²) in [6.45, 7) is 3.46. The van der Waals surface area contributed by atoms with Crippen molar-refractivity contribution in [3.05, 3.63) is 23.8 Å². The van der Waals surface area contributed by atoms with Crippen molar-refractivity contribution < 1.29 is 14.3 Å². The van der Waals surface area contributed by atoms with E-state index in [0.29, 0.717) is 11.5 Å². The van der Waals surface area contributed by atoms with E-state index >= 15 is 0 Å². The van der Waals surface area contributed by atoms with E-state index in [4.69, 9.17) is 20.9 Å². The molecule has 0 heterocycles. The molecule has 0 spiro atoms. The van der Waals surface area contributed by atoms with Crippen molar-refractivity contribution in [3.8, 4) is 11.5 Å². The van der Waals surface area contributed by atoms with Crippen molar-refractivity contribution in [2.45, 2.75) is 26.0 Å². The van der Waals surface area contributed by atoms with Gasteiger partial charge in [-0.05, 0) is 31.5 Å². The Kier molecular flexibility index (Phi) is 4.34. The van der Waals surface area contributed by atoms with Gasteiger partial charge in [0.2, 0.25) is 0 Å². The zero-order valence-corrected chi connectivity index (χ0v) is 10.3. The largest absolute Gasteiger partial charge is 0.493 e. The van der Waals surface area contributed by atoms with E-state index in [1.165, 1.54) is 7.11 Å². The molecule has 0 saturated carbocycles. The molecule has 0 bridgehead atoms. The molecule has 2 atom stereocenters. The number of hydrogen-bond acceptors (Lipinski definition) is 4. The number of hydrogen-bond donors (Lipinski definition) is 2. The van der Waals surface area contributed by atoms with Crippen LogP contribution in [0.4, 0.5) is 0 Å². The van der Waals surface area contributed by atoms with Crippen molar-refractivity contribution >= 4 is 5.91 Å². The summed E-state index contributed by atoms with van der Waals surface area (Å²) in [5, 5.41) is 0. The molecule has 1 aromatic rings. The summed E-state index contributed by atoms with van der Waals surface area (Å²) in [5.41, 5.74) is 11.8. The number of amides is 1. The number of carbonyl (C=O) groups is 1. The summed E-state index contributed by atoms with van der Waals surface area (Å²) in [6, 6.07) is 5.24. The van der Waals surface area contributed by atoms with E-state index in [1.54, 1.807) is 19.1 Å². The number of ether oxygens (including phenoxy) is 2. The Balaban J connectivity index is 2.96. The number of methoxy groups -OCH3 is 1. The molecule has 0 aliphatic heterocycles. The maximum Gasteiger partial charge on any atom is 0.258 e. The molecule has 1 unspecified atom stereocenters. The lowest BCUT2D eigenvalue weighted by Crippen LogP contribution is -2.30. The van der Waals surface area contributed by atoms with Gasteiger partial charge in [-0.2, -0.15) is 0 Å². The van der Waals surface area contributed by atoms with Crippen LogP contribution in [0.25, 0.3) is 0 Å². The summed E-state index contributed by atoms with van der Waals surface area (Å²) in [4.78, 5) is 10.9. The van der Waals surface area contributed by atoms with Gasteiger partial charge >= 0.3 is 0 Å². The molecular formula is C12H18N2O3. The predicted octanol–water partition coefficient (Wildman–Crippen LogP) is 0.968. The third-order valence-electron chi connectivity index (χ3n) is 2.42. The Labute approximate surface area is 101 Å². The van der Waals surface area contributed by atoms with E-state index in [9.17, 15) is 4.79 Å². The maximum atomic E-state index is 10.9. The standard InChI is InChI=1S/C12H18N2O3/c1-7(13)9-4-5-10(11(6-9)16-3)17-8(2)12(14)15/h4-8H,13H2,1-3H3,(H2,14,15)/t7-,8?/m0/s1. The van der Waals surface area contributed by atoms with E-state index in [0.717, 1.165) is 5.56 Å². The van der Waals surface area contributed by atoms with Gasteiger partial charge in [0, 0.05) is 6.04 Å². The van der Waals surface area contributed by atoms with Gasteiger partial charge in [0.05, 0.1) is 7.11 Å². The highest BCUT2D eigenvalue weighted by Gasteiger charge is 2.14. The molecule has 0 aliphatic rings. The maximum absolute atomic E-state index is 10.9. The van der Waals surface area contributed by atoms with Crippen LogP contribution in [0.5, 0.6) is 11.5 Å². The summed E-state index contributed by atoms with van der Waals surface area (Å²) < 4.78 is 10.6. The van der Waals surface area contributed by atoms with Crippen molar-refractivity contribution in [2.75, 3.05) is 7.11 Å². The minimum Gasteiger partial charge on any atom is -0.493 e. The molecule has 0 radical (unpaired) electrons. The van der Waals surface area contributed by atoms with Gasteiger partial charge in [-0.1, -0.05) is 6.07 Å². The number of primary amides is 1. The van der Waals surface area contributed by atoms with Gasteiger partial charge in [-0.15, -0.1) is 0 Å². The van der Waals surface area contributed by atoms with Gasteiger partial charge in [0.1, 0.15) is 0 Å². The first-order chi connectivity index (χ1) is 7.95. The van der Waals surface area contributed by atoms with Crippen molar-refractivity contribution in [2.24, 2.45) is 11.5 Å². The molecule has 17 heavy (non-hydrogen) atoms. The molecule has 5 nitrogen and oxygen atoms in total. The second-order valence-electron chi connectivity index (χ2n) is 3.86. The second kappa shape index (κ2) is 5.54. The topological polar surface area (TPSA) is 87.6 Å². The van der Waals surface area contributed by atoms with Crippen LogP contribution in [0, 0.1) is 0 Å². The minimum atomic E-state index is -0.704. The zero-order chi connectivity index (χ0) is 13.0. The van der Waals surface area contributed by atoms with Crippen LogP contribution >= 0.6 is 0 Å². The average molecular weight is 238 g/mol. The highest BCUT2D eigenvalue weighted by atomic mass is 16.5. The number of rotatable bonds is 5. The molecule has 1 amide bonds. The van der Waals surface area contributed by atoms with Gasteiger partial charge in [-0.25, -0.2) is 0 Å². The highest BCUT2D eigenvalue weighted by Crippen LogP contribution is 2.30. The Bertz CT molecular complexity index is 405. The fourth-order valence-corrected chi connectivity index (χ4v) is 1.31. The molecule has 0 aliphatic carbocycles. The molecule has 4 N–H and O–H groups in total. The Morgan fingerprint density at radius 3 is 2.41 bits per heavy atom. The molecular weight excluding hydrogens is 220 g/mol. The quantitative estimate of drug-likeness (QED) is 0.800. The van der Waals surface area contributed by atoms with Gasteiger partial charge < -0.3 is 20.9 Å². The first-order valence-corrected chi connectivity index (χ1v) is 5.35. The fourth-order valence-electron chi connectivity index (χ4n) is 1.31. The molecule has 1 rings (SSSR count). The smallest absolute Gasteiger partial charge is 0.258 e. The van der Waals surface area contributed by atoms with Gasteiger partial charge in [-0.3, -0.25) is 4.79 Å². The SMILES string of the molecule is COc1cc([C@H](C)N)ccc1OC(C)C(N)=O. The summed E-state index contributed by atoms with van der Waals surface area (Å²) in [5.74, 6) is 0.486. The van der Waals surface area contributed by atoms with Gasteiger partial charge in [0.25, 0.3) is 5.91 Å². The summed E-state index contributed by atoms with van der Waals surface area (Å²) in [6.07, 6.45) is -0.704.